The number of Topliss-reactive ketones (excluding diaryl/α,β-unsaturated/α-hetero) is 1. The Morgan fingerprint density at radius 1 is 1.21 bits per heavy atom. The van der Waals surface area contributed by atoms with Crippen LogP contribution in [0.1, 0.15) is 12.0 Å². The van der Waals surface area contributed by atoms with E-state index < -0.39 is 11.8 Å². The average molecular weight is 213 g/mol. The number of halogens is 1. The second kappa shape index (κ2) is 4.77. The number of carbonyl (C=O) groups excluding carboxylic acids is 1. The lowest BCUT2D eigenvalue weighted by molar-refractivity contribution is -0.149. The molecule has 0 aromatic heterocycles. The van der Waals surface area contributed by atoms with E-state index >= 15 is 0 Å². The zero-order valence-corrected chi connectivity index (χ0v) is 8.12. The maximum atomic E-state index is 10.8. The van der Waals surface area contributed by atoms with E-state index in [0.29, 0.717) is 11.4 Å². The number of carbonyl (C=O) groups is 2. The van der Waals surface area contributed by atoms with E-state index in [1.807, 2.05) is 0 Å². The van der Waals surface area contributed by atoms with Crippen LogP contribution in [0.25, 0.3) is 0 Å². The molecular weight excluding hydrogens is 204 g/mol. The molecule has 0 fully saturated rings. The molecule has 1 aromatic rings. The molecule has 14 heavy (non-hydrogen) atoms. The predicted molar refractivity (Wildman–Crippen MR) is 52.4 cm³/mol. The molecule has 0 heterocycles. The Hall–Kier alpha value is -1.35. The molecule has 1 N–H and O–H groups in total. The van der Waals surface area contributed by atoms with E-state index in [4.69, 9.17) is 16.7 Å². The van der Waals surface area contributed by atoms with Crippen LogP contribution in [0, 0.1) is 0 Å². The second-order valence-corrected chi connectivity index (χ2v) is 3.29. The first-order valence-corrected chi connectivity index (χ1v) is 4.48. The van der Waals surface area contributed by atoms with E-state index in [2.05, 4.69) is 0 Å². The van der Waals surface area contributed by atoms with Gasteiger partial charge in [0.2, 0.25) is 5.78 Å². The Bertz CT molecular complexity index is 343. The quantitative estimate of drug-likeness (QED) is 0.776. The third-order valence-corrected chi connectivity index (χ3v) is 2.04. The lowest BCUT2D eigenvalue weighted by Crippen LogP contribution is -2.12. The number of ketones is 1. The van der Waals surface area contributed by atoms with Crippen molar-refractivity contribution in [3.05, 3.63) is 34.9 Å². The van der Waals surface area contributed by atoms with Crippen LogP contribution in [0.3, 0.4) is 0 Å². The van der Waals surface area contributed by atoms with Crippen LogP contribution >= 0.6 is 11.6 Å². The van der Waals surface area contributed by atoms with Crippen molar-refractivity contribution in [2.75, 3.05) is 0 Å². The van der Waals surface area contributed by atoms with Crippen molar-refractivity contribution in [2.45, 2.75) is 12.8 Å². The van der Waals surface area contributed by atoms with Crippen LogP contribution in [0.5, 0.6) is 0 Å². The summed E-state index contributed by atoms with van der Waals surface area (Å²) in [5.41, 5.74) is 0.906. The summed E-state index contributed by atoms with van der Waals surface area (Å²) in [7, 11) is 0. The highest BCUT2D eigenvalue weighted by atomic mass is 35.5. The molecule has 0 unspecified atom stereocenters. The Morgan fingerprint density at radius 3 is 2.29 bits per heavy atom. The summed E-state index contributed by atoms with van der Waals surface area (Å²) in [4.78, 5) is 21.0. The molecule has 0 saturated heterocycles. The minimum atomic E-state index is -1.38. The largest absolute Gasteiger partial charge is 0.476 e. The number of aliphatic carboxylic acids is 1. The van der Waals surface area contributed by atoms with Gasteiger partial charge >= 0.3 is 5.97 Å². The number of benzene rings is 1. The van der Waals surface area contributed by atoms with Crippen molar-refractivity contribution in [1.82, 2.24) is 0 Å². The zero-order chi connectivity index (χ0) is 10.6. The van der Waals surface area contributed by atoms with Crippen LogP contribution in [0.2, 0.25) is 5.02 Å². The molecule has 0 aliphatic heterocycles. The topological polar surface area (TPSA) is 54.4 Å². The maximum Gasteiger partial charge on any atom is 0.372 e. The van der Waals surface area contributed by atoms with Gasteiger partial charge in [-0.2, -0.15) is 0 Å². The molecule has 0 aliphatic carbocycles. The number of carboxylic acids is 1. The first-order chi connectivity index (χ1) is 6.59. The number of rotatable bonds is 4. The van der Waals surface area contributed by atoms with Crippen LogP contribution in [0.15, 0.2) is 24.3 Å². The summed E-state index contributed by atoms with van der Waals surface area (Å²) in [6.07, 6.45) is 0.458. The van der Waals surface area contributed by atoms with Gasteiger partial charge in [0.15, 0.2) is 0 Å². The standard InChI is InChI=1S/C10H9ClO3/c11-8-4-1-7(2-5-8)3-6-9(12)10(13)14/h1-2,4-5H,3,6H2,(H,13,14). The highest BCUT2D eigenvalue weighted by Crippen LogP contribution is 2.10. The number of hydrogen-bond donors (Lipinski definition) is 1. The molecule has 3 nitrogen and oxygen atoms in total. The fourth-order valence-electron chi connectivity index (χ4n) is 1.02. The predicted octanol–water partition coefficient (Wildman–Crippen LogP) is 1.93. The van der Waals surface area contributed by atoms with Gasteiger partial charge in [-0.3, -0.25) is 4.79 Å². The van der Waals surface area contributed by atoms with E-state index in [9.17, 15) is 9.59 Å². The van der Waals surface area contributed by atoms with Gasteiger partial charge in [-0.1, -0.05) is 23.7 Å². The Labute approximate surface area is 86.3 Å². The average Bonchev–Trinajstić information content (AvgIpc) is 2.16. The molecule has 0 atom stereocenters. The Kier molecular flexibility index (Phi) is 3.65. The normalized spacial score (nSPS) is 9.79. The first-order valence-electron chi connectivity index (χ1n) is 4.10. The minimum Gasteiger partial charge on any atom is -0.476 e. The fraction of sp³-hybridized carbons (Fsp3) is 0.200. The minimum absolute atomic E-state index is 0.0248. The third-order valence-electron chi connectivity index (χ3n) is 1.79. The summed E-state index contributed by atoms with van der Waals surface area (Å²) >= 11 is 5.66. The molecule has 4 heteroatoms. The van der Waals surface area contributed by atoms with Gasteiger partial charge in [0, 0.05) is 11.4 Å². The monoisotopic (exact) mass is 212 g/mol. The van der Waals surface area contributed by atoms with Gasteiger partial charge in [0.25, 0.3) is 0 Å². The lowest BCUT2D eigenvalue weighted by atomic mass is 10.1. The molecule has 0 bridgehead atoms. The summed E-state index contributed by atoms with van der Waals surface area (Å²) in [6, 6.07) is 6.97. The van der Waals surface area contributed by atoms with Gasteiger partial charge in [-0.05, 0) is 24.1 Å². The van der Waals surface area contributed by atoms with Crippen LogP contribution in [-0.2, 0) is 16.0 Å². The number of carboxylic acid groups (broad SMARTS) is 1. The molecule has 0 saturated carbocycles. The van der Waals surface area contributed by atoms with Gasteiger partial charge in [-0.15, -0.1) is 0 Å². The highest BCUT2D eigenvalue weighted by molar-refractivity contribution is 6.32. The van der Waals surface area contributed by atoms with E-state index in [0.717, 1.165) is 5.56 Å². The lowest BCUT2D eigenvalue weighted by Gasteiger charge is -1.98. The fourth-order valence-corrected chi connectivity index (χ4v) is 1.14. The van der Waals surface area contributed by atoms with Gasteiger partial charge < -0.3 is 5.11 Å². The van der Waals surface area contributed by atoms with Crippen molar-refractivity contribution in [1.29, 1.82) is 0 Å². The molecule has 1 aromatic carbocycles. The molecular formula is C10H9ClO3. The van der Waals surface area contributed by atoms with Crippen molar-refractivity contribution in [3.8, 4) is 0 Å². The molecule has 0 radical (unpaired) electrons. The molecule has 0 amide bonds. The smallest absolute Gasteiger partial charge is 0.372 e. The van der Waals surface area contributed by atoms with E-state index in [1.54, 1.807) is 24.3 Å². The van der Waals surface area contributed by atoms with Crippen LogP contribution in [0.4, 0.5) is 0 Å². The van der Waals surface area contributed by atoms with Crippen molar-refractivity contribution >= 4 is 23.4 Å². The Balaban J connectivity index is 2.50. The van der Waals surface area contributed by atoms with Crippen molar-refractivity contribution < 1.29 is 14.7 Å². The zero-order valence-electron chi connectivity index (χ0n) is 7.37. The van der Waals surface area contributed by atoms with Crippen LogP contribution in [-0.4, -0.2) is 16.9 Å². The second-order valence-electron chi connectivity index (χ2n) is 2.85. The molecule has 0 aliphatic rings. The molecule has 74 valence electrons. The number of hydrogen-bond acceptors (Lipinski definition) is 2. The molecule has 0 spiro atoms. The third kappa shape index (κ3) is 3.18. The SMILES string of the molecule is O=C(O)C(=O)CCc1ccc(Cl)cc1. The van der Waals surface area contributed by atoms with Crippen molar-refractivity contribution in [3.63, 3.8) is 0 Å². The van der Waals surface area contributed by atoms with Crippen molar-refractivity contribution in [2.24, 2.45) is 0 Å². The summed E-state index contributed by atoms with van der Waals surface area (Å²) in [5, 5.41) is 8.96. The van der Waals surface area contributed by atoms with E-state index in [1.165, 1.54) is 0 Å². The highest BCUT2D eigenvalue weighted by Gasteiger charge is 2.10. The van der Waals surface area contributed by atoms with Gasteiger partial charge in [-0.25, -0.2) is 4.79 Å². The first kappa shape index (κ1) is 10.7. The Morgan fingerprint density at radius 2 is 1.79 bits per heavy atom. The summed E-state index contributed by atoms with van der Waals surface area (Å²) in [6.45, 7) is 0. The van der Waals surface area contributed by atoms with Crippen LogP contribution < -0.4 is 0 Å². The van der Waals surface area contributed by atoms with Gasteiger partial charge in [0.05, 0.1) is 0 Å². The molecule has 1 rings (SSSR count). The van der Waals surface area contributed by atoms with Gasteiger partial charge in [0.1, 0.15) is 0 Å². The van der Waals surface area contributed by atoms with E-state index in [-0.39, 0.29) is 6.42 Å². The summed E-state index contributed by atoms with van der Waals surface area (Å²) in [5.74, 6) is -2.14. The summed E-state index contributed by atoms with van der Waals surface area (Å²) < 4.78 is 0. The number of aryl methyl sites for hydroxylation is 1. The maximum absolute atomic E-state index is 10.8.